The van der Waals surface area contributed by atoms with Gasteiger partial charge in [-0.15, -0.1) is 0 Å². The van der Waals surface area contributed by atoms with Crippen molar-refractivity contribution in [1.29, 1.82) is 0 Å². The van der Waals surface area contributed by atoms with E-state index < -0.39 is 12.0 Å². The van der Waals surface area contributed by atoms with E-state index in [2.05, 4.69) is 5.10 Å². The van der Waals surface area contributed by atoms with Crippen molar-refractivity contribution in [3.8, 4) is 0 Å². The standard InChI is InChI=1S/C20H26N4O5/c25-14-22(28)13-16(11-15-5-1-2-6-15)20(27)24-18(8-9-21-24)19(26)12-17-7-3-4-10-23(17)29/h3-4,7,9-10,14-16,18,28H,1-2,5-6,8,11-13H2/t16-,18+/m1/s1. The predicted octanol–water partition coefficient (Wildman–Crippen LogP) is 1.06. The number of hydrogen-bond acceptors (Lipinski definition) is 6. The number of hydrogen-bond donors (Lipinski definition) is 1. The first-order valence-corrected chi connectivity index (χ1v) is 9.95. The normalized spacial score (nSPS) is 20.0. The van der Waals surface area contributed by atoms with Gasteiger partial charge in [-0.1, -0.05) is 25.7 Å². The minimum absolute atomic E-state index is 0.101. The van der Waals surface area contributed by atoms with Crippen LogP contribution in [0.25, 0.3) is 0 Å². The molecule has 2 amide bonds. The number of Topliss-reactive ketones (excluding diaryl/α,β-unsaturated/α-hetero) is 1. The van der Waals surface area contributed by atoms with Gasteiger partial charge in [-0.05, 0) is 18.4 Å². The molecule has 1 aromatic rings. The number of pyridine rings is 1. The fourth-order valence-electron chi connectivity index (χ4n) is 4.15. The molecule has 0 radical (unpaired) electrons. The van der Waals surface area contributed by atoms with Crippen LogP contribution in [0.4, 0.5) is 0 Å². The number of hydroxylamine groups is 2. The van der Waals surface area contributed by atoms with Gasteiger partial charge in [-0.25, -0.2) is 10.1 Å². The SMILES string of the molecule is O=CN(O)C[C@@H](CC1CCCC1)C(=O)N1N=CC[C@H]1C(=O)Cc1cccc[n+]1[O-]. The van der Waals surface area contributed by atoms with Crippen LogP contribution in [0.3, 0.4) is 0 Å². The molecule has 2 aliphatic rings. The minimum Gasteiger partial charge on any atom is -0.618 e. The van der Waals surface area contributed by atoms with Gasteiger partial charge in [0.2, 0.25) is 12.3 Å². The van der Waals surface area contributed by atoms with Gasteiger partial charge in [0.1, 0.15) is 6.04 Å². The van der Waals surface area contributed by atoms with Crippen LogP contribution in [-0.4, -0.2) is 52.2 Å². The van der Waals surface area contributed by atoms with E-state index in [9.17, 15) is 24.8 Å². The highest BCUT2D eigenvalue weighted by Crippen LogP contribution is 2.32. The second kappa shape index (κ2) is 9.60. The molecule has 3 rings (SSSR count). The van der Waals surface area contributed by atoms with Crippen molar-refractivity contribution in [1.82, 2.24) is 10.1 Å². The van der Waals surface area contributed by atoms with Gasteiger partial charge in [0.05, 0.1) is 18.9 Å². The Morgan fingerprint density at radius 2 is 2.14 bits per heavy atom. The van der Waals surface area contributed by atoms with Gasteiger partial charge < -0.3 is 5.21 Å². The third-order valence-corrected chi connectivity index (χ3v) is 5.66. The lowest BCUT2D eigenvalue weighted by Crippen LogP contribution is -2.46. The number of hydrazone groups is 1. The molecule has 1 fully saturated rings. The van der Waals surface area contributed by atoms with Gasteiger partial charge >= 0.3 is 0 Å². The molecule has 9 nitrogen and oxygen atoms in total. The summed E-state index contributed by atoms with van der Waals surface area (Å²) < 4.78 is 0.635. The minimum atomic E-state index is -0.780. The van der Waals surface area contributed by atoms with Crippen molar-refractivity contribution in [3.05, 3.63) is 35.3 Å². The van der Waals surface area contributed by atoms with Gasteiger partial charge in [0.25, 0.3) is 0 Å². The predicted molar refractivity (Wildman–Crippen MR) is 102 cm³/mol. The zero-order valence-corrected chi connectivity index (χ0v) is 16.2. The zero-order valence-electron chi connectivity index (χ0n) is 16.2. The molecule has 0 saturated heterocycles. The molecular formula is C20H26N4O5. The zero-order chi connectivity index (χ0) is 20.8. The summed E-state index contributed by atoms with van der Waals surface area (Å²) in [6, 6.07) is 4.05. The molecule has 1 aromatic heterocycles. The highest BCUT2D eigenvalue weighted by Gasteiger charge is 2.38. The fourth-order valence-corrected chi connectivity index (χ4v) is 4.15. The molecule has 0 aromatic carbocycles. The first kappa shape index (κ1) is 20.9. The van der Waals surface area contributed by atoms with Crippen molar-refractivity contribution >= 4 is 24.3 Å². The Hall–Kier alpha value is -2.81. The Morgan fingerprint density at radius 1 is 1.38 bits per heavy atom. The van der Waals surface area contributed by atoms with Crippen LogP contribution in [-0.2, 0) is 20.8 Å². The van der Waals surface area contributed by atoms with Crippen molar-refractivity contribution in [2.45, 2.75) is 51.0 Å². The quantitative estimate of drug-likeness (QED) is 0.218. The molecule has 1 saturated carbocycles. The monoisotopic (exact) mass is 402 g/mol. The molecule has 1 aliphatic heterocycles. The van der Waals surface area contributed by atoms with Crippen LogP contribution >= 0.6 is 0 Å². The van der Waals surface area contributed by atoms with E-state index in [0.29, 0.717) is 27.8 Å². The number of rotatable bonds is 9. The average Bonchev–Trinajstić information content (AvgIpc) is 3.40. The molecule has 2 heterocycles. The summed E-state index contributed by atoms with van der Waals surface area (Å²) in [6.07, 6.45) is 8.07. The van der Waals surface area contributed by atoms with Crippen molar-refractivity contribution in [2.24, 2.45) is 16.9 Å². The molecule has 0 bridgehead atoms. The number of aromatic nitrogens is 1. The molecule has 2 atom stereocenters. The van der Waals surface area contributed by atoms with Gasteiger partial charge in [-0.3, -0.25) is 19.6 Å². The highest BCUT2D eigenvalue weighted by atomic mass is 16.5. The fraction of sp³-hybridized carbons (Fsp3) is 0.550. The number of amides is 2. The Morgan fingerprint density at radius 3 is 2.83 bits per heavy atom. The largest absolute Gasteiger partial charge is 0.618 e. The third-order valence-electron chi connectivity index (χ3n) is 5.66. The Kier molecular flexibility index (Phi) is 6.92. The number of nitrogens with zero attached hydrogens (tertiary/aromatic N) is 4. The molecule has 1 aliphatic carbocycles. The average molecular weight is 402 g/mol. The van der Waals surface area contributed by atoms with Crippen molar-refractivity contribution in [3.63, 3.8) is 0 Å². The lowest BCUT2D eigenvalue weighted by Gasteiger charge is -2.28. The number of ketones is 1. The van der Waals surface area contributed by atoms with Crippen LogP contribution < -0.4 is 4.73 Å². The summed E-state index contributed by atoms with van der Waals surface area (Å²) in [5, 5.41) is 27.2. The molecular weight excluding hydrogens is 376 g/mol. The first-order chi connectivity index (χ1) is 14.0. The van der Waals surface area contributed by atoms with Crippen molar-refractivity contribution in [2.75, 3.05) is 6.54 Å². The molecule has 9 heteroatoms. The van der Waals surface area contributed by atoms with E-state index in [1.165, 1.54) is 17.4 Å². The van der Waals surface area contributed by atoms with Crippen LogP contribution in [0.15, 0.2) is 29.5 Å². The summed E-state index contributed by atoms with van der Waals surface area (Å²) in [5.41, 5.74) is 0.307. The van der Waals surface area contributed by atoms with Gasteiger partial charge in [-0.2, -0.15) is 9.83 Å². The van der Waals surface area contributed by atoms with Gasteiger partial charge in [0.15, 0.2) is 17.7 Å². The van der Waals surface area contributed by atoms with E-state index in [-0.39, 0.29) is 37.5 Å². The maximum Gasteiger partial charge on any atom is 0.248 e. The van der Waals surface area contributed by atoms with Crippen LogP contribution in [0, 0.1) is 17.0 Å². The second-order valence-electron chi connectivity index (χ2n) is 7.70. The summed E-state index contributed by atoms with van der Waals surface area (Å²) in [4.78, 5) is 36.8. The maximum absolute atomic E-state index is 13.2. The Bertz CT molecular complexity index is 778. The number of carbonyl (C=O) groups excluding carboxylic acids is 3. The highest BCUT2D eigenvalue weighted by molar-refractivity contribution is 5.94. The third kappa shape index (κ3) is 5.17. The summed E-state index contributed by atoms with van der Waals surface area (Å²) >= 11 is 0. The lowest BCUT2D eigenvalue weighted by molar-refractivity contribution is -0.613. The van der Waals surface area contributed by atoms with E-state index >= 15 is 0 Å². The van der Waals surface area contributed by atoms with E-state index in [1.807, 2.05) is 0 Å². The van der Waals surface area contributed by atoms with Crippen LogP contribution in [0.1, 0.15) is 44.2 Å². The Balaban J connectivity index is 1.71. The molecule has 0 spiro atoms. The second-order valence-corrected chi connectivity index (χ2v) is 7.70. The smallest absolute Gasteiger partial charge is 0.248 e. The lowest BCUT2D eigenvalue weighted by atomic mass is 9.91. The van der Waals surface area contributed by atoms with Gasteiger partial charge in [0, 0.05) is 24.8 Å². The molecule has 156 valence electrons. The van der Waals surface area contributed by atoms with E-state index in [1.54, 1.807) is 18.2 Å². The van der Waals surface area contributed by atoms with Crippen molar-refractivity contribution < 1.29 is 24.3 Å². The van der Waals surface area contributed by atoms with E-state index in [4.69, 9.17) is 0 Å². The van der Waals surface area contributed by atoms with Crippen LogP contribution in [0.2, 0.25) is 0 Å². The summed E-state index contributed by atoms with van der Waals surface area (Å²) in [7, 11) is 0. The summed E-state index contributed by atoms with van der Waals surface area (Å²) in [5.74, 6) is -0.941. The van der Waals surface area contributed by atoms with E-state index in [0.717, 1.165) is 25.7 Å². The maximum atomic E-state index is 13.2. The Labute approximate surface area is 169 Å². The topological polar surface area (TPSA) is 117 Å². The molecule has 0 unspecified atom stereocenters. The molecule has 29 heavy (non-hydrogen) atoms. The number of carbonyl (C=O) groups is 3. The molecule has 1 N–H and O–H groups in total. The summed E-state index contributed by atoms with van der Waals surface area (Å²) in [6.45, 7) is -0.134. The van der Waals surface area contributed by atoms with Crippen LogP contribution in [0.5, 0.6) is 0 Å². The first-order valence-electron chi connectivity index (χ1n) is 9.95.